The van der Waals surface area contributed by atoms with E-state index in [1.165, 1.54) is 18.4 Å². The highest BCUT2D eigenvalue weighted by Crippen LogP contribution is 2.24. The summed E-state index contributed by atoms with van der Waals surface area (Å²) in [7, 11) is -2.85. The number of aryl methyl sites for hydroxylation is 1. The van der Waals surface area contributed by atoms with Crippen molar-refractivity contribution in [2.75, 3.05) is 11.5 Å². The molecule has 5 nitrogen and oxygen atoms in total. The van der Waals surface area contributed by atoms with Gasteiger partial charge in [-0.3, -0.25) is 0 Å². The lowest BCUT2D eigenvalue weighted by Gasteiger charge is -2.22. The molecule has 0 saturated carbocycles. The summed E-state index contributed by atoms with van der Waals surface area (Å²) >= 11 is 0. The highest BCUT2D eigenvalue weighted by atomic mass is 32.2. The molecule has 0 amide bonds. The van der Waals surface area contributed by atoms with Crippen LogP contribution in [0.4, 0.5) is 0 Å². The van der Waals surface area contributed by atoms with Crippen molar-refractivity contribution in [1.82, 2.24) is 10.5 Å². The number of aromatic nitrogens is 1. The van der Waals surface area contributed by atoms with Crippen molar-refractivity contribution in [3.8, 4) is 0 Å². The Bertz CT molecular complexity index is 550. The number of sulfone groups is 1. The van der Waals surface area contributed by atoms with Gasteiger partial charge >= 0.3 is 0 Å². The number of fused-ring (bicyclic) bond motifs is 1. The lowest BCUT2D eigenvalue weighted by Crippen LogP contribution is -2.39. The van der Waals surface area contributed by atoms with Gasteiger partial charge in [-0.15, -0.1) is 0 Å². The molecule has 1 aromatic heterocycles. The lowest BCUT2D eigenvalue weighted by atomic mass is 9.96. The summed E-state index contributed by atoms with van der Waals surface area (Å²) in [6.07, 6.45) is 6.09. The number of nitrogens with zero attached hydrogens (tertiary/aromatic N) is 1. The van der Waals surface area contributed by atoms with Gasteiger partial charge < -0.3 is 9.84 Å². The molecular formula is C13H20N2O3S. The highest BCUT2D eigenvalue weighted by Gasteiger charge is 2.25. The Morgan fingerprint density at radius 1 is 1.26 bits per heavy atom. The third kappa shape index (κ3) is 3.00. The number of nitrogens with one attached hydrogen (secondary N) is 1. The zero-order valence-electron chi connectivity index (χ0n) is 11.0. The quantitative estimate of drug-likeness (QED) is 0.903. The Morgan fingerprint density at radius 2 is 2.11 bits per heavy atom. The summed E-state index contributed by atoms with van der Waals surface area (Å²) in [5.74, 6) is 1.62. The monoisotopic (exact) mass is 284 g/mol. The first-order valence-corrected chi connectivity index (χ1v) is 8.86. The van der Waals surface area contributed by atoms with Crippen LogP contribution in [0.2, 0.25) is 0 Å². The van der Waals surface area contributed by atoms with Crippen LogP contribution in [0.5, 0.6) is 0 Å². The minimum Gasteiger partial charge on any atom is -0.361 e. The molecule has 19 heavy (non-hydrogen) atoms. The van der Waals surface area contributed by atoms with E-state index in [2.05, 4.69) is 10.5 Å². The van der Waals surface area contributed by atoms with Crippen LogP contribution >= 0.6 is 0 Å². The molecule has 0 radical (unpaired) electrons. The second-order valence-electron chi connectivity index (χ2n) is 5.57. The zero-order chi connectivity index (χ0) is 13.3. The minimum absolute atomic E-state index is 0.0645. The highest BCUT2D eigenvalue weighted by molar-refractivity contribution is 7.91. The van der Waals surface area contributed by atoms with E-state index >= 15 is 0 Å². The Balaban J connectivity index is 1.62. The van der Waals surface area contributed by atoms with E-state index in [9.17, 15) is 8.42 Å². The lowest BCUT2D eigenvalue weighted by molar-refractivity contribution is 0.364. The van der Waals surface area contributed by atoms with Crippen LogP contribution in [-0.4, -0.2) is 31.1 Å². The predicted molar refractivity (Wildman–Crippen MR) is 71.7 cm³/mol. The van der Waals surface area contributed by atoms with Crippen LogP contribution in [0.3, 0.4) is 0 Å². The van der Waals surface area contributed by atoms with Gasteiger partial charge in [0.05, 0.1) is 11.5 Å². The molecule has 0 bridgehead atoms. The molecule has 1 aromatic rings. The molecule has 1 aliphatic carbocycles. The van der Waals surface area contributed by atoms with Crippen molar-refractivity contribution < 1.29 is 12.9 Å². The maximum atomic E-state index is 11.6. The van der Waals surface area contributed by atoms with Gasteiger partial charge in [0.2, 0.25) is 0 Å². The Morgan fingerprint density at radius 3 is 2.95 bits per heavy atom. The fraction of sp³-hybridized carbons (Fsp3) is 0.769. The van der Waals surface area contributed by atoms with Crippen LogP contribution in [-0.2, 0) is 29.2 Å². The van der Waals surface area contributed by atoms with Crippen molar-refractivity contribution >= 4 is 9.84 Å². The first kappa shape index (κ1) is 13.1. The fourth-order valence-corrected chi connectivity index (χ4v) is 4.68. The smallest absolute Gasteiger partial charge is 0.151 e. The van der Waals surface area contributed by atoms with E-state index < -0.39 is 9.84 Å². The Kier molecular flexibility index (Phi) is 3.62. The normalized spacial score (nSPS) is 26.0. The second kappa shape index (κ2) is 5.25. The van der Waals surface area contributed by atoms with Gasteiger partial charge in [-0.05, 0) is 32.1 Å². The summed E-state index contributed by atoms with van der Waals surface area (Å²) in [5.41, 5.74) is 2.22. The first-order chi connectivity index (χ1) is 9.14. The molecule has 3 rings (SSSR count). The average molecular weight is 284 g/mol. The minimum atomic E-state index is -2.85. The maximum Gasteiger partial charge on any atom is 0.151 e. The summed E-state index contributed by atoms with van der Waals surface area (Å²) in [5, 5.41) is 7.46. The molecule has 1 atom stereocenters. The summed E-state index contributed by atoms with van der Waals surface area (Å²) < 4.78 is 28.5. The van der Waals surface area contributed by atoms with Crippen LogP contribution in [0.1, 0.15) is 42.7 Å². The zero-order valence-corrected chi connectivity index (χ0v) is 11.8. The third-order valence-corrected chi connectivity index (χ3v) is 5.87. The summed E-state index contributed by atoms with van der Waals surface area (Å²) in [6.45, 7) is 0.624. The van der Waals surface area contributed by atoms with E-state index in [0.717, 1.165) is 37.1 Å². The Hall–Kier alpha value is -0.880. The molecule has 2 heterocycles. The van der Waals surface area contributed by atoms with Gasteiger partial charge in [0.25, 0.3) is 0 Å². The van der Waals surface area contributed by atoms with Crippen LogP contribution in [0, 0.1) is 0 Å². The molecule has 2 aliphatic rings. The van der Waals surface area contributed by atoms with Gasteiger partial charge in [-0.2, -0.15) is 0 Å². The Labute approximate surface area is 113 Å². The van der Waals surface area contributed by atoms with Crippen molar-refractivity contribution in [2.45, 2.75) is 51.1 Å². The molecule has 1 N–H and O–H groups in total. The second-order valence-corrected chi connectivity index (χ2v) is 7.80. The first-order valence-electron chi connectivity index (χ1n) is 7.04. The van der Waals surface area contributed by atoms with Crippen molar-refractivity contribution in [3.63, 3.8) is 0 Å². The topological polar surface area (TPSA) is 72.2 Å². The van der Waals surface area contributed by atoms with Gasteiger partial charge in [0.1, 0.15) is 11.5 Å². The average Bonchev–Trinajstić information content (AvgIpc) is 2.78. The molecule has 1 fully saturated rings. The molecule has 1 unspecified atom stereocenters. The fourth-order valence-electron chi connectivity index (χ4n) is 3.01. The van der Waals surface area contributed by atoms with Gasteiger partial charge in [0.15, 0.2) is 9.84 Å². The van der Waals surface area contributed by atoms with Crippen LogP contribution in [0.25, 0.3) is 0 Å². The van der Waals surface area contributed by atoms with Crippen LogP contribution < -0.4 is 5.32 Å². The van der Waals surface area contributed by atoms with Gasteiger partial charge in [0, 0.05) is 24.6 Å². The summed E-state index contributed by atoms with van der Waals surface area (Å²) in [6, 6.07) is 0.0645. The van der Waals surface area contributed by atoms with Crippen molar-refractivity contribution in [3.05, 3.63) is 17.0 Å². The molecule has 0 spiro atoms. The van der Waals surface area contributed by atoms with E-state index in [-0.39, 0.29) is 11.8 Å². The third-order valence-electron chi connectivity index (χ3n) is 4.05. The number of hydrogen-bond donors (Lipinski definition) is 1. The molecule has 0 aromatic carbocycles. The van der Waals surface area contributed by atoms with Gasteiger partial charge in [-0.25, -0.2) is 8.42 Å². The maximum absolute atomic E-state index is 11.6. The van der Waals surface area contributed by atoms with Gasteiger partial charge in [-0.1, -0.05) is 5.16 Å². The number of hydrogen-bond acceptors (Lipinski definition) is 5. The molecular weight excluding hydrogens is 264 g/mol. The standard InChI is InChI=1S/C13H20N2O3S/c16-19(17)7-3-4-10(9-19)14-8-12-11-5-1-2-6-13(11)18-15-12/h10,14H,1-9H2. The summed E-state index contributed by atoms with van der Waals surface area (Å²) in [4.78, 5) is 0. The van der Waals surface area contributed by atoms with Crippen molar-refractivity contribution in [1.29, 1.82) is 0 Å². The van der Waals surface area contributed by atoms with Crippen molar-refractivity contribution in [2.24, 2.45) is 0 Å². The molecule has 106 valence electrons. The largest absolute Gasteiger partial charge is 0.361 e. The predicted octanol–water partition coefficient (Wildman–Crippen LogP) is 1.22. The van der Waals surface area contributed by atoms with E-state index in [4.69, 9.17) is 4.52 Å². The molecule has 6 heteroatoms. The SMILES string of the molecule is O=S1(=O)CCCC(NCc2noc3c2CCCC3)C1. The molecule has 1 saturated heterocycles. The number of rotatable bonds is 3. The van der Waals surface area contributed by atoms with E-state index in [1.54, 1.807) is 0 Å². The van der Waals surface area contributed by atoms with E-state index in [0.29, 0.717) is 12.3 Å². The van der Waals surface area contributed by atoms with E-state index in [1.807, 2.05) is 0 Å². The molecule has 1 aliphatic heterocycles. The van der Waals surface area contributed by atoms with Crippen LogP contribution in [0.15, 0.2) is 4.52 Å².